The van der Waals surface area contributed by atoms with E-state index in [0.717, 1.165) is 16.7 Å². The predicted molar refractivity (Wildman–Crippen MR) is 162 cm³/mol. The summed E-state index contributed by atoms with van der Waals surface area (Å²) < 4.78 is 37.0. The minimum Gasteiger partial charge on any atom is -0.453 e. The Kier molecular flexibility index (Phi) is 11.3. The van der Waals surface area contributed by atoms with E-state index in [1.807, 2.05) is 97.1 Å². The van der Waals surface area contributed by atoms with Gasteiger partial charge in [0.2, 0.25) is 6.29 Å². The van der Waals surface area contributed by atoms with Crippen LogP contribution in [0.4, 0.5) is 0 Å². The van der Waals surface area contributed by atoms with Gasteiger partial charge < -0.3 is 28.4 Å². The highest BCUT2D eigenvalue weighted by molar-refractivity contribution is 5.89. The molecule has 0 radical (unpaired) electrons. The SMILES string of the molecule is CC(=O)O[C@@H]1O[C@H](COCc2ccccc2)[C@@H](OCc2ccccc2)[C@H](OC(=O)c2ccccc2)[C@@H]1OCc1ccccc1. The third-order valence-electron chi connectivity index (χ3n) is 7.09. The van der Waals surface area contributed by atoms with Gasteiger partial charge in [0, 0.05) is 6.92 Å². The van der Waals surface area contributed by atoms with Gasteiger partial charge in [0.05, 0.1) is 32.0 Å². The normalized spacial score (nSPS) is 21.3. The fourth-order valence-corrected chi connectivity index (χ4v) is 4.95. The molecule has 5 rings (SSSR count). The summed E-state index contributed by atoms with van der Waals surface area (Å²) >= 11 is 0. The lowest BCUT2D eigenvalue weighted by molar-refractivity contribution is -0.311. The predicted octanol–water partition coefficient (Wildman–Crippen LogP) is 5.89. The molecule has 1 aliphatic heterocycles. The van der Waals surface area contributed by atoms with Gasteiger partial charge in [0.1, 0.15) is 12.2 Å². The number of carbonyl (C=O) groups excluding carboxylic acids is 2. The first-order valence-electron chi connectivity index (χ1n) is 14.6. The van der Waals surface area contributed by atoms with E-state index in [1.54, 1.807) is 24.3 Å². The van der Waals surface area contributed by atoms with Crippen molar-refractivity contribution in [2.45, 2.75) is 57.5 Å². The number of hydrogen-bond donors (Lipinski definition) is 0. The molecule has 4 aromatic carbocycles. The Morgan fingerprint density at radius 1 is 0.591 bits per heavy atom. The van der Waals surface area contributed by atoms with Crippen LogP contribution in [0.25, 0.3) is 0 Å². The fourth-order valence-electron chi connectivity index (χ4n) is 4.95. The Labute approximate surface area is 257 Å². The Balaban J connectivity index is 1.46. The number of rotatable bonds is 13. The van der Waals surface area contributed by atoms with Crippen molar-refractivity contribution < 1.29 is 38.0 Å². The van der Waals surface area contributed by atoms with Crippen molar-refractivity contribution in [3.8, 4) is 0 Å². The van der Waals surface area contributed by atoms with Crippen LogP contribution in [-0.2, 0) is 53.0 Å². The standard InChI is InChI=1S/C36H36O8/c1-26(37)42-36-34(41-24-29-18-10-4-11-19-29)33(44-35(38)30-20-12-5-13-21-30)32(40-23-28-16-8-3-9-17-28)31(43-36)25-39-22-27-14-6-2-7-15-27/h2-21,31-34,36H,22-25H2,1H3/t31-,32-,33+,34+,36-/m1/s1. The lowest BCUT2D eigenvalue weighted by Crippen LogP contribution is -2.62. The fraction of sp³-hybridized carbons (Fsp3) is 0.278. The molecule has 44 heavy (non-hydrogen) atoms. The van der Waals surface area contributed by atoms with Crippen LogP contribution in [0.3, 0.4) is 0 Å². The van der Waals surface area contributed by atoms with E-state index >= 15 is 0 Å². The molecule has 1 fully saturated rings. The van der Waals surface area contributed by atoms with E-state index in [2.05, 4.69) is 0 Å². The summed E-state index contributed by atoms with van der Waals surface area (Å²) in [5, 5.41) is 0. The van der Waals surface area contributed by atoms with E-state index in [4.69, 9.17) is 28.4 Å². The lowest BCUT2D eigenvalue weighted by Gasteiger charge is -2.44. The summed E-state index contributed by atoms with van der Waals surface area (Å²) in [5.41, 5.74) is 3.16. The third kappa shape index (κ3) is 8.84. The van der Waals surface area contributed by atoms with Crippen LogP contribution in [0.2, 0.25) is 0 Å². The van der Waals surface area contributed by atoms with E-state index in [9.17, 15) is 9.59 Å². The van der Waals surface area contributed by atoms with Crippen LogP contribution in [-0.4, -0.2) is 49.3 Å². The monoisotopic (exact) mass is 596 g/mol. The zero-order valence-electron chi connectivity index (χ0n) is 24.5. The quantitative estimate of drug-likeness (QED) is 0.177. The van der Waals surface area contributed by atoms with Crippen LogP contribution in [0.1, 0.15) is 34.0 Å². The van der Waals surface area contributed by atoms with Crippen LogP contribution in [0.15, 0.2) is 121 Å². The molecule has 8 nitrogen and oxygen atoms in total. The first kappa shape index (κ1) is 31.1. The third-order valence-corrected chi connectivity index (χ3v) is 7.09. The molecule has 0 amide bonds. The molecule has 0 spiro atoms. The van der Waals surface area contributed by atoms with Crippen molar-refractivity contribution in [1.82, 2.24) is 0 Å². The maximum absolute atomic E-state index is 13.5. The molecule has 0 aliphatic carbocycles. The van der Waals surface area contributed by atoms with Gasteiger partial charge in [0.25, 0.3) is 0 Å². The summed E-state index contributed by atoms with van der Waals surface area (Å²) in [6, 6.07) is 37.6. The van der Waals surface area contributed by atoms with E-state index in [1.165, 1.54) is 6.92 Å². The zero-order chi connectivity index (χ0) is 30.6. The number of esters is 2. The van der Waals surface area contributed by atoms with Gasteiger partial charge >= 0.3 is 11.9 Å². The molecular weight excluding hydrogens is 560 g/mol. The second-order valence-electron chi connectivity index (χ2n) is 10.4. The molecule has 0 unspecified atom stereocenters. The molecule has 8 heteroatoms. The van der Waals surface area contributed by atoms with Crippen LogP contribution in [0.5, 0.6) is 0 Å². The second kappa shape index (κ2) is 15.9. The minimum atomic E-state index is -1.19. The van der Waals surface area contributed by atoms with E-state index in [-0.39, 0.29) is 19.8 Å². The Morgan fingerprint density at radius 2 is 1.07 bits per heavy atom. The highest BCUT2D eigenvalue weighted by Crippen LogP contribution is 2.31. The summed E-state index contributed by atoms with van der Waals surface area (Å²) in [5.74, 6) is -1.13. The maximum Gasteiger partial charge on any atom is 0.338 e. The molecule has 0 N–H and O–H groups in total. The number of ether oxygens (including phenoxy) is 6. The van der Waals surface area contributed by atoms with Gasteiger partial charge in [-0.2, -0.15) is 0 Å². The van der Waals surface area contributed by atoms with E-state index < -0.39 is 42.6 Å². The summed E-state index contributed by atoms with van der Waals surface area (Å²) in [6.07, 6.45) is -4.80. The van der Waals surface area contributed by atoms with Gasteiger partial charge in [0.15, 0.2) is 12.2 Å². The minimum absolute atomic E-state index is 0.0803. The molecule has 0 bridgehead atoms. The first-order chi connectivity index (χ1) is 21.6. The van der Waals surface area contributed by atoms with Gasteiger partial charge in [-0.1, -0.05) is 109 Å². The van der Waals surface area contributed by atoms with Crippen molar-refractivity contribution in [2.75, 3.05) is 6.61 Å². The smallest absolute Gasteiger partial charge is 0.338 e. The Hall–Kier alpha value is -4.34. The van der Waals surface area contributed by atoms with Crippen molar-refractivity contribution in [1.29, 1.82) is 0 Å². The number of hydrogen-bond acceptors (Lipinski definition) is 8. The van der Waals surface area contributed by atoms with Crippen molar-refractivity contribution in [3.05, 3.63) is 144 Å². The van der Waals surface area contributed by atoms with Crippen molar-refractivity contribution in [3.63, 3.8) is 0 Å². The molecule has 4 aromatic rings. The Morgan fingerprint density at radius 3 is 1.59 bits per heavy atom. The molecule has 228 valence electrons. The summed E-state index contributed by atoms with van der Waals surface area (Å²) in [6.45, 7) is 2.07. The molecule has 1 saturated heterocycles. The maximum atomic E-state index is 13.5. The van der Waals surface area contributed by atoms with Gasteiger partial charge in [-0.15, -0.1) is 0 Å². The number of carbonyl (C=O) groups is 2. The molecular formula is C36H36O8. The van der Waals surface area contributed by atoms with Gasteiger partial charge in [-0.3, -0.25) is 4.79 Å². The Bertz CT molecular complexity index is 1430. The van der Waals surface area contributed by atoms with Gasteiger partial charge in [-0.05, 0) is 28.8 Å². The number of benzene rings is 4. The average molecular weight is 597 g/mol. The van der Waals surface area contributed by atoms with Crippen LogP contribution >= 0.6 is 0 Å². The van der Waals surface area contributed by atoms with Crippen LogP contribution < -0.4 is 0 Å². The average Bonchev–Trinajstić information content (AvgIpc) is 3.05. The topological polar surface area (TPSA) is 89.5 Å². The second-order valence-corrected chi connectivity index (χ2v) is 10.4. The largest absolute Gasteiger partial charge is 0.453 e. The first-order valence-corrected chi connectivity index (χ1v) is 14.6. The lowest BCUT2D eigenvalue weighted by atomic mass is 9.97. The molecule has 5 atom stereocenters. The molecule has 1 aliphatic rings. The van der Waals surface area contributed by atoms with Crippen LogP contribution in [0, 0.1) is 0 Å². The van der Waals surface area contributed by atoms with Crippen molar-refractivity contribution >= 4 is 11.9 Å². The molecule has 1 heterocycles. The highest BCUT2D eigenvalue weighted by Gasteiger charge is 2.51. The van der Waals surface area contributed by atoms with E-state index in [0.29, 0.717) is 12.2 Å². The highest BCUT2D eigenvalue weighted by atomic mass is 16.7. The summed E-state index contributed by atoms with van der Waals surface area (Å²) in [4.78, 5) is 25.7. The molecule has 0 aromatic heterocycles. The van der Waals surface area contributed by atoms with Gasteiger partial charge in [-0.25, -0.2) is 4.79 Å². The van der Waals surface area contributed by atoms with Crippen molar-refractivity contribution in [2.24, 2.45) is 0 Å². The molecule has 0 saturated carbocycles. The zero-order valence-corrected chi connectivity index (χ0v) is 24.5. The summed E-state index contributed by atoms with van der Waals surface area (Å²) in [7, 11) is 0.